The van der Waals surface area contributed by atoms with E-state index in [1.54, 1.807) is 49.4 Å². The molecule has 100 valence electrons. The van der Waals surface area contributed by atoms with Gasteiger partial charge in [0.25, 0.3) is 0 Å². The fourth-order valence-electron chi connectivity index (χ4n) is 1.75. The highest BCUT2D eigenvalue weighted by Crippen LogP contribution is 2.32. The van der Waals surface area contributed by atoms with Gasteiger partial charge in [0.2, 0.25) is 0 Å². The van der Waals surface area contributed by atoms with Gasteiger partial charge in [0, 0.05) is 11.8 Å². The molecule has 2 aromatic rings. The standard InChI is InChI=1S/C14H13ClO3S/c1-10-12(8-5-9-14(10)19(2,16)17)18-13-7-4-3-6-11(13)15/h3-9H,1-2H3. The molecule has 0 aliphatic rings. The molecule has 0 saturated heterocycles. The summed E-state index contributed by atoms with van der Waals surface area (Å²) in [7, 11) is -3.27. The minimum absolute atomic E-state index is 0.261. The molecule has 0 heterocycles. The largest absolute Gasteiger partial charge is 0.455 e. The van der Waals surface area contributed by atoms with Crippen LogP contribution in [0.4, 0.5) is 0 Å². The Labute approximate surface area is 117 Å². The number of halogens is 1. The molecule has 0 amide bonds. The van der Waals surface area contributed by atoms with E-state index >= 15 is 0 Å². The van der Waals surface area contributed by atoms with Gasteiger partial charge in [-0.25, -0.2) is 8.42 Å². The molecular weight excluding hydrogens is 284 g/mol. The number of para-hydroxylation sites is 1. The Morgan fingerprint density at radius 3 is 2.26 bits per heavy atom. The summed E-state index contributed by atoms with van der Waals surface area (Å²) in [4.78, 5) is 0.261. The van der Waals surface area contributed by atoms with Crippen LogP contribution in [0.15, 0.2) is 47.4 Å². The minimum Gasteiger partial charge on any atom is -0.455 e. The molecule has 0 N–H and O–H groups in total. The van der Waals surface area contributed by atoms with Crippen LogP contribution in [0.5, 0.6) is 11.5 Å². The van der Waals surface area contributed by atoms with E-state index in [2.05, 4.69) is 0 Å². The molecule has 0 saturated carbocycles. The summed E-state index contributed by atoms with van der Waals surface area (Å²) >= 11 is 6.01. The van der Waals surface area contributed by atoms with Gasteiger partial charge in [0.1, 0.15) is 11.5 Å². The summed E-state index contributed by atoms with van der Waals surface area (Å²) in [5, 5.41) is 0.478. The second-order valence-electron chi connectivity index (χ2n) is 4.18. The van der Waals surface area contributed by atoms with Gasteiger partial charge >= 0.3 is 0 Å². The first kappa shape index (κ1) is 13.9. The first-order valence-corrected chi connectivity index (χ1v) is 7.88. The first-order chi connectivity index (χ1) is 8.89. The van der Waals surface area contributed by atoms with Gasteiger partial charge in [0.15, 0.2) is 9.84 Å². The highest BCUT2D eigenvalue weighted by atomic mass is 35.5. The zero-order chi connectivity index (χ0) is 14.0. The zero-order valence-corrected chi connectivity index (χ0v) is 12.1. The van der Waals surface area contributed by atoms with Crippen LogP contribution in [0.1, 0.15) is 5.56 Å². The van der Waals surface area contributed by atoms with Crippen molar-refractivity contribution in [2.45, 2.75) is 11.8 Å². The number of hydrogen-bond donors (Lipinski definition) is 0. The summed E-state index contributed by atoms with van der Waals surface area (Å²) in [5.74, 6) is 0.981. The third-order valence-electron chi connectivity index (χ3n) is 2.69. The van der Waals surface area contributed by atoms with E-state index in [-0.39, 0.29) is 4.90 Å². The van der Waals surface area contributed by atoms with E-state index < -0.39 is 9.84 Å². The quantitative estimate of drug-likeness (QED) is 0.864. The van der Waals surface area contributed by atoms with Crippen molar-refractivity contribution in [3.63, 3.8) is 0 Å². The van der Waals surface area contributed by atoms with E-state index in [0.717, 1.165) is 0 Å². The van der Waals surface area contributed by atoms with Crippen LogP contribution in [0.25, 0.3) is 0 Å². The van der Waals surface area contributed by atoms with Crippen LogP contribution >= 0.6 is 11.6 Å². The van der Waals surface area contributed by atoms with Crippen molar-refractivity contribution in [1.82, 2.24) is 0 Å². The number of hydrogen-bond acceptors (Lipinski definition) is 3. The monoisotopic (exact) mass is 296 g/mol. The third kappa shape index (κ3) is 3.08. The van der Waals surface area contributed by atoms with Crippen molar-refractivity contribution in [2.75, 3.05) is 6.26 Å². The highest BCUT2D eigenvalue weighted by Gasteiger charge is 2.14. The van der Waals surface area contributed by atoms with Crippen LogP contribution in [0, 0.1) is 6.92 Å². The normalized spacial score (nSPS) is 11.3. The van der Waals surface area contributed by atoms with Crippen LogP contribution in [0.2, 0.25) is 5.02 Å². The Bertz CT molecular complexity index is 708. The second kappa shape index (κ2) is 5.23. The van der Waals surface area contributed by atoms with E-state index in [9.17, 15) is 8.42 Å². The molecule has 0 unspecified atom stereocenters. The second-order valence-corrected chi connectivity index (χ2v) is 6.58. The van der Waals surface area contributed by atoms with Gasteiger partial charge in [-0.15, -0.1) is 0 Å². The van der Waals surface area contributed by atoms with Crippen molar-refractivity contribution in [2.24, 2.45) is 0 Å². The van der Waals surface area contributed by atoms with E-state index in [1.165, 1.54) is 6.26 Å². The Morgan fingerprint density at radius 2 is 1.63 bits per heavy atom. The maximum absolute atomic E-state index is 11.6. The Hall–Kier alpha value is -1.52. The molecule has 5 heteroatoms. The van der Waals surface area contributed by atoms with Gasteiger partial charge in [0.05, 0.1) is 9.92 Å². The molecule has 0 aliphatic carbocycles. The van der Waals surface area contributed by atoms with Crippen LogP contribution in [-0.4, -0.2) is 14.7 Å². The van der Waals surface area contributed by atoms with E-state index in [1.807, 2.05) is 0 Å². The van der Waals surface area contributed by atoms with Crippen LogP contribution in [0.3, 0.4) is 0 Å². The number of sulfone groups is 1. The molecular formula is C14H13ClO3S. The van der Waals surface area contributed by atoms with Crippen LogP contribution in [-0.2, 0) is 9.84 Å². The van der Waals surface area contributed by atoms with Crippen molar-refractivity contribution < 1.29 is 13.2 Å². The summed E-state index contributed by atoms with van der Waals surface area (Å²) in [5.41, 5.74) is 0.574. The highest BCUT2D eigenvalue weighted by molar-refractivity contribution is 7.90. The molecule has 0 fully saturated rings. The summed E-state index contributed by atoms with van der Waals surface area (Å²) in [6.45, 7) is 1.71. The predicted octanol–water partition coefficient (Wildman–Crippen LogP) is 3.84. The van der Waals surface area contributed by atoms with Gasteiger partial charge in [-0.05, 0) is 31.2 Å². The molecule has 0 spiro atoms. The summed E-state index contributed by atoms with van der Waals surface area (Å²) < 4.78 is 29.0. The van der Waals surface area contributed by atoms with Gasteiger partial charge in [-0.2, -0.15) is 0 Å². The summed E-state index contributed by atoms with van der Waals surface area (Å²) in [6.07, 6.45) is 1.18. The number of benzene rings is 2. The van der Waals surface area contributed by atoms with Gasteiger partial charge in [-0.1, -0.05) is 29.8 Å². The minimum atomic E-state index is -3.27. The fraction of sp³-hybridized carbons (Fsp3) is 0.143. The summed E-state index contributed by atoms with van der Waals surface area (Å²) in [6, 6.07) is 12.0. The van der Waals surface area contributed by atoms with Crippen molar-refractivity contribution in [1.29, 1.82) is 0 Å². The maximum atomic E-state index is 11.6. The predicted molar refractivity (Wildman–Crippen MR) is 75.8 cm³/mol. The Balaban J connectivity index is 2.46. The Morgan fingerprint density at radius 1 is 1.00 bits per heavy atom. The molecule has 3 nitrogen and oxygen atoms in total. The Kier molecular flexibility index (Phi) is 3.83. The van der Waals surface area contributed by atoms with Crippen LogP contribution < -0.4 is 4.74 Å². The molecule has 0 radical (unpaired) electrons. The van der Waals surface area contributed by atoms with Crippen molar-refractivity contribution in [3.8, 4) is 11.5 Å². The molecule has 0 bridgehead atoms. The lowest BCUT2D eigenvalue weighted by Gasteiger charge is -2.12. The molecule has 2 rings (SSSR count). The topological polar surface area (TPSA) is 43.4 Å². The van der Waals surface area contributed by atoms with Crippen molar-refractivity contribution in [3.05, 3.63) is 53.1 Å². The SMILES string of the molecule is Cc1c(Oc2ccccc2Cl)cccc1S(C)(=O)=O. The average Bonchev–Trinajstić information content (AvgIpc) is 2.33. The molecule has 19 heavy (non-hydrogen) atoms. The molecule has 0 aromatic heterocycles. The van der Waals surface area contributed by atoms with Gasteiger partial charge in [-0.3, -0.25) is 0 Å². The molecule has 0 atom stereocenters. The number of ether oxygens (including phenoxy) is 1. The smallest absolute Gasteiger partial charge is 0.175 e. The number of rotatable bonds is 3. The zero-order valence-electron chi connectivity index (χ0n) is 10.6. The third-order valence-corrected chi connectivity index (χ3v) is 4.24. The molecule has 2 aromatic carbocycles. The molecule has 0 aliphatic heterocycles. The average molecular weight is 297 g/mol. The lowest BCUT2D eigenvalue weighted by Crippen LogP contribution is -2.01. The lowest BCUT2D eigenvalue weighted by atomic mass is 10.2. The first-order valence-electron chi connectivity index (χ1n) is 5.61. The maximum Gasteiger partial charge on any atom is 0.175 e. The van der Waals surface area contributed by atoms with E-state index in [4.69, 9.17) is 16.3 Å². The van der Waals surface area contributed by atoms with Gasteiger partial charge < -0.3 is 4.74 Å². The fourth-order valence-corrected chi connectivity index (χ4v) is 2.91. The lowest BCUT2D eigenvalue weighted by molar-refractivity contribution is 0.476. The van der Waals surface area contributed by atoms with E-state index in [0.29, 0.717) is 22.1 Å². The van der Waals surface area contributed by atoms with Crippen molar-refractivity contribution >= 4 is 21.4 Å².